The number of hydrogen-bond donors (Lipinski definition) is 7. The van der Waals surface area contributed by atoms with Gasteiger partial charge in [0.05, 0.1) is 45.7 Å². The molecular formula is C40H69BN4O19S2. The molecule has 0 saturated heterocycles. The third kappa shape index (κ3) is 39.9. The number of benzene rings is 1. The lowest BCUT2D eigenvalue weighted by Crippen LogP contribution is -2.47. The lowest BCUT2D eigenvalue weighted by atomic mass is 9.79. The maximum atomic E-state index is 12.3. The number of carbonyl (C=O) groups is 6. The van der Waals surface area contributed by atoms with Crippen LogP contribution in [0.1, 0.15) is 103 Å². The highest BCUT2D eigenvalue weighted by Crippen LogP contribution is 2.08. The zero-order chi connectivity index (χ0) is 50.6. The molecule has 0 radical (unpaired) electrons. The van der Waals surface area contributed by atoms with Crippen molar-refractivity contribution < 1.29 is 88.1 Å². The molecule has 7 N–H and O–H groups in total. The quantitative estimate of drug-likeness (QED) is 0.0280. The van der Waals surface area contributed by atoms with Gasteiger partial charge in [-0.3, -0.25) is 28.5 Å². The van der Waals surface area contributed by atoms with Crippen molar-refractivity contribution in [3.05, 3.63) is 29.8 Å². The van der Waals surface area contributed by atoms with Crippen LogP contribution >= 0.6 is 0 Å². The van der Waals surface area contributed by atoms with E-state index in [9.17, 15) is 47.2 Å². The molecule has 0 heterocycles. The molecule has 0 aliphatic rings. The van der Waals surface area contributed by atoms with E-state index in [-0.39, 0.29) is 48.1 Å². The van der Waals surface area contributed by atoms with E-state index in [1.165, 1.54) is 18.2 Å². The number of ether oxygens (including phenoxy) is 5. The van der Waals surface area contributed by atoms with E-state index in [1.54, 1.807) is 33.8 Å². The molecule has 0 fully saturated rings. The average Bonchev–Trinajstić information content (AvgIpc) is 3.20. The normalized spacial score (nSPS) is 11.8. The number of Topliss-reactive ketones (excluding diaryl/α,β-unsaturated/α-hetero) is 2. The molecule has 0 unspecified atom stereocenters. The minimum atomic E-state index is -4.48. The van der Waals surface area contributed by atoms with Gasteiger partial charge in [-0.2, -0.15) is 8.42 Å². The van der Waals surface area contributed by atoms with Crippen molar-refractivity contribution in [2.45, 2.75) is 111 Å². The molecule has 0 spiro atoms. The van der Waals surface area contributed by atoms with Crippen molar-refractivity contribution in [3.63, 3.8) is 0 Å². The van der Waals surface area contributed by atoms with E-state index in [0.29, 0.717) is 85.0 Å². The molecule has 4 amide bonds. The summed E-state index contributed by atoms with van der Waals surface area (Å²) in [6.07, 6.45) is 2.69. The molecule has 0 bridgehead atoms. The van der Waals surface area contributed by atoms with Gasteiger partial charge in [-0.25, -0.2) is 4.79 Å². The summed E-state index contributed by atoms with van der Waals surface area (Å²) in [6, 6.07) is 3.85. The summed E-state index contributed by atoms with van der Waals surface area (Å²) >= 11 is 0. The first-order chi connectivity index (χ1) is 30.9. The number of ketones is 2. The second-order valence-electron chi connectivity index (χ2n) is 15.1. The van der Waals surface area contributed by atoms with Gasteiger partial charge in [0.15, 0.2) is 11.6 Å². The van der Waals surface area contributed by atoms with E-state index in [0.717, 1.165) is 12.8 Å². The van der Waals surface area contributed by atoms with Crippen molar-refractivity contribution in [2.24, 2.45) is 0 Å². The van der Waals surface area contributed by atoms with Gasteiger partial charge in [0.1, 0.15) is 17.4 Å². The second kappa shape index (κ2) is 37.7. The van der Waals surface area contributed by atoms with E-state index < -0.39 is 69.1 Å². The van der Waals surface area contributed by atoms with Crippen LogP contribution in [-0.4, -0.2) is 168 Å². The fourth-order valence-corrected chi connectivity index (χ4v) is 5.65. The Hall–Kier alpha value is -4.41. The van der Waals surface area contributed by atoms with Crippen LogP contribution < -0.4 is 26.7 Å². The van der Waals surface area contributed by atoms with Crippen LogP contribution in [-0.2, 0) is 63.6 Å². The molecule has 0 aliphatic carbocycles. The highest BCUT2D eigenvalue weighted by molar-refractivity contribution is 7.85. The summed E-state index contributed by atoms with van der Waals surface area (Å²) in [5.74, 6) is -2.06. The Kier molecular flexibility index (Phi) is 36.3. The van der Waals surface area contributed by atoms with Crippen LogP contribution in [0.4, 0.5) is 4.79 Å². The van der Waals surface area contributed by atoms with Crippen LogP contribution in [0, 0.1) is 0 Å². The SMILES string of the molecule is CCCC(=O)NCCOCCOCCCC(=O)[C@H](C)NC(=O)c1cccc(B(O)O)c1.CCCC(=O)NCCOCCOCCCC(=O)[C@H](CS(=O)(=O)O)NC(=O)OC(C)(C)C.O=S(=O)=O. The Bertz CT molecular complexity index is 1810. The standard InChI is InChI=1S/C21H33BN2O7.C19H36N2O9S.O3S/c1-3-6-20(26)23-10-12-31-14-13-30-11-5-9-19(25)16(2)24-21(27)17-7-4-8-18(15-17)22(28)29;1-5-7-17(23)20-9-11-29-13-12-28-10-6-8-16(22)15(14-31(25,26)27)21-18(24)30-19(2,3)4;1-4(2)3/h4,7-8,15-16,28-29H,3,5-6,9-14H2,1-2H3,(H,23,26)(H,24,27);15H,5-14H2,1-4H3,(H,20,23)(H,21,24)(H,25,26,27);/t16-;15-;/m00./s1. The van der Waals surface area contributed by atoms with Crippen LogP contribution in [0.3, 0.4) is 0 Å². The summed E-state index contributed by atoms with van der Waals surface area (Å²) in [5, 5.41) is 28.6. The van der Waals surface area contributed by atoms with Gasteiger partial charge in [0, 0.05) is 57.6 Å². The summed E-state index contributed by atoms with van der Waals surface area (Å²) in [7, 11) is -9.26. The Morgan fingerprint density at radius 1 is 0.712 bits per heavy atom. The highest BCUT2D eigenvalue weighted by Gasteiger charge is 2.28. The fourth-order valence-electron chi connectivity index (χ4n) is 4.96. The van der Waals surface area contributed by atoms with E-state index in [1.807, 2.05) is 13.8 Å². The molecule has 0 aromatic heterocycles. The molecule has 23 nitrogen and oxygen atoms in total. The van der Waals surface area contributed by atoms with Gasteiger partial charge in [-0.05, 0) is 71.0 Å². The van der Waals surface area contributed by atoms with Crippen molar-refractivity contribution in [3.8, 4) is 0 Å². The Balaban J connectivity index is 0. The molecule has 0 aliphatic heterocycles. The molecule has 66 heavy (non-hydrogen) atoms. The van der Waals surface area contributed by atoms with Gasteiger partial charge in [0.25, 0.3) is 16.0 Å². The molecule has 378 valence electrons. The Labute approximate surface area is 389 Å². The van der Waals surface area contributed by atoms with Crippen LogP contribution in [0.5, 0.6) is 0 Å². The molecule has 1 rings (SSSR count). The summed E-state index contributed by atoms with van der Waals surface area (Å²) in [5.41, 5.74) is -0.375. The molecule has 0 saturated carbocycles. The van der Waals surface area contributed by atoms with Crippen molar-refractivity contribution in [1.29, 1.82) is 0 Å². The number of amides is 4. The van der Waals surface area contributed by atoms with E-state index in [2.05, 4.69) is 21.3 Å². The third-order valence-corrected chi connectivity index (χ3v) is 8.75. The highest BCUT2D eigenvalue weighted by atomic mass is 32.2. The number of nitrogens with one attached hydrogen (secondary N) is 4. The predicted molar refractivity (Wildman–Crippen MR) is 240 cm³/mol. The number of carbonyl (C=O) groups excluding carboxylic acids is 6. The van der Waals surface area contributed by atoms with Gasteiger partial charge >= 0.3 is 23.8 Å². The lowest BCUT2D eigenvalue weighted by Gasteiger charge is -2.22. The summed E-state index contributed by atoms with van der Waals surface area (Å²) in [6.45, 7) is 14.1. The Morgan fingerprint density at radius 3 is 1.59 bits per heavy atom. The predicted octanol–water partition coefficient (Wildman–Crippen LogP) is -0.154. The zero-order valence-corrected chi connectivity index (χ0v) is 40.3. The smallest absolute Gasteiger partial charge is 0.444 e. The zero-order valence-electron chi connectivity index (χ0n) is 38.7. The summed E-state index contributed by atoms with van der Waals surface area (Å²) < 4.78 is 83.1. The van der Waals surface area contributed by atoms with Gasteiger partial charge in [-0.1, -0.05) is 26.0 Å². The van der Waals surface area contributed by atoms with Gasteiger partial charge < -0.3 is 55.0 Å². The number of hydrogen-bond acceptors (Lipinski definition) is 18. The molecular weight excluding hydrogens is 915 g/mol. The van der Waals surface area contributed by atoms with Crippen molar-refractivity contribution in [2.75, 3.05) is 71.7 Å². The van der Waals surface area contributed by atoms with Gasteiger partial charge in [0.2, 0.25) is 11.8 Å². The van der Waals surface area contributed by atoms with E-state index in [4.69, 9.17) is 40.9 Å². The molecule has 1 aromatic rings. The van der Waals surface area contributed by atoms with Crippen LogP contribution in [0.25, 0.3) is 0 Å². The number of alkyl carbamates (subject to hydrolysis) is 1. The maximum absolute atomic E-state index is 12.3. The van der Waals surface area contributed by atoms with Crippen LogP contribution in [0.15, 0.2) is 24.3 Å². The first-order valence-electron chi connectivity index (χ1n) is 21.3. The largest absolute Gasteiger partial charge is 0.488 e. The molecule has 26 heteroatoms. The molecule has 2 atom stereocenters. The number of rotatable bonds is 32. The first kappa shape index (κ1) is 63.7. The lowest BCUT2D eigenvalue weighted by molar-refractivity contribution is -0.122. The van der Waals surface area contributed by atoms with Crippen molar-refractivity contribution >= 4 is 68.7 Å². The minimum Gasteiger partial charge on any atom is -0.444 e. The maximum Gasteiger partial charge on any atom is 0.488 e. The van der Waals surface area contributed by atoms with Crippen LogP contribution in [0.2, 0.25) is 0 Å². The minimum absolute atomic E-state index is 0.0134. The van der Waals surface area contributed by atoms with Crippen molar-refractivity contribution in [1.82, 2.24) is 21.3 Å². The fraction of sp³-hybridized carbons (Fsp3) is 0.700. The monoisotopic (exact) mass is 984 g/mol. The Morgan fingerprint density at radius 2 is 1.17 bits per heavy atom. The third-order valence-electron chi connectivity index (χ3n) is 7.99. The average molecular weight is 985 g/mol. The second-order valence-corrected chi connectivity index (χ2v) is 17.0. The topological polar surface area (TPSA) is 343 Å². The molecule has 1 aromatic carbocycles. The first-order valence-corrected chi connectivity index (χ1v) is 23.9. The summed E-state index contributed by atoms with van der Waals surface area (Å²) in [4.78, 5) is 71.0. The van der Waals surface area contributed by atoms with E-state index >= 15 is 0 Å². The van der Waals surface area contributed by atoms with Gasteiger partial charge in [-0.15, -0.1) is 12.6 Å².